The third kappa shape index (κ3) is 17.0. The number of unbranched alkanes of at least 4 members (excludes halogenated alkanes) is 11. The first kappa shape index (κ1) is 19.0. The van der Waals surface area contributed by atoms with Crippen molar-refractivity contribution in [3.05, 3.63) is 36.6 Å². The summed E-state index contributed by atoms with van der Waals surface area (Å²) < 4.78 is 0. The standard InChI is InChI=1S/C19H33O/c1-2-3-4-5-6-7-8-9-10-11-12-13-14-15-16-17-18-19-20/h14-19H,2-13H2,1H3/b15-14+,17-16+,19-18+. The molecule has 0 aromatic rings. The van der Waals surface area contributed by atoms with Crippen LogP contribution in [0.15, 0.2) is 36.6 Å². The van der Waals surface area contributed by atoms with E-state index in [4.69, 9.17) is 0 Å². The largest absolute Gasteiger partial charge is 0.299 e. The van der Waals surface area contributed by atoms with Crippen molar-refractivity contribution in [2.24, 2.45) is 0 Å². The average Bonchev–Trinajstić information content (AvgIpc) is 2.47. The summed E-state index contributed by atoms with van der Waals surface area (Å²) in [6.07, 6.45) is 26.7. The van der Waals surface area contributed by atoms with Gasteiger partial charge in [-0.05, 0) is 18.9 Å². The van der Waals surface area contributed by atoms with E-state index < -0.39 is 0 Å². The first-order valence-electron chi connectivity index (χ1n) is 8.52. The monoisotopic (exact) mass is 277 g/mol. The maximum Gasteiger partial charge on any atom is 0.142 e. The Kier molecular flexibility index (Phi) is 17.1. The Bertz CT molecular complexity index is 250. The molecule has 0 bridgehead atoms. The molecule has 1 radical (unpaired) electrons. The Labute approximate surface area is 126 Å². The van der Waals surface area contributed by atoms with Crippen LogP contribution in [0.3, 0.4) is 0 Å². The Morgan fingerprint density at radius 1 is 0.600 bits per heavy atom. The average molecular weight is 277 g/mol. The maximum atomic E-state index is 10.0. The topological polar surface area (TPSA) is 19.9 Å². The Morgan fingerprint density at radius 3 is 1.65 bits per heavy atom. The molecule has 0 aliphatic heterocycles. The molecule has 115 valence electrons. The lowest BCUT2D eigenvalue weighted by atomic mass is 10.1. The van der Waals surface area contributed by atoms with Crippen LogP contribution in [-0.2, 0) is 5.11 Å². The van der Waals surface area contributed by atoms with Crippen molar-refractivity contribution in [1.82, 2.24) is 0 Å². The Hall–Kier alpha value is -0.980. The van der Waals surface area contributed by atoms with E-state index in [1.165, 1.54) is 76.7 Å². The molecule has 0 aromatic carbocycles. The highest BCUT2D eigenvalue weighted by Gasteiger charge is 1.92. The molecule has 0 rings (SSSR count). The van der Waals surface area contributed by atoms with Crippen molar-refractivity contribution >= 4 is 0 Å². The molecule has 0 heterocycles. The number of allylic oxidation sites excluding steroid dienone is 5. The first-order valence-corrected chi connectivity index (χ1v) is 8.52. The molecule has 20 heavy (non-hydrogen) atoms. The predicted octanol–water partition coefficient (Wildman–Crippen LogP) is 6.74. The second kappa shape index (κ2) is 18.0. The zero-order valence-corrected chi connectivity index (χ0v) is 13.4. The first-order chi connectivity index (χ1) is 9.91. The fourth-order valence-corrected chi connectivity index (χ4v) is 2.27. The van der Waals surface area contributed by atoms with E-state index in [0.29, 0.717) is 0 Å². The van der Waals surface area contributed by atoms with Crippen LogP contribution in [0, 0.1) is 0 Å². The molecule has 0 spiro atoms. The van der Waals surface area contributed by atoms with E-state index in [2.05, 4.69) is 13.0 Å². The molecular weight excluding hydrogens is 244 g/mol. The van der Waals surface area contributed by atoms with E-state index in [1.54, 1.807) is 6.08 Å². The summed E-state index contributed by atoms with van der Waals surface area (Å²) in [6, 6.07) is 0. The van der Waals surface area contributed by atoms with Crippen molar-refractivity contribution in [3.8, 4) is 0 Å². The van der Waals surface area contributed by atoms with Gasteiger partial charge in [0.2, 0.25) is 0 Å². The summed E-state index contributed by atoms with van der Waals surface area (Å²) in [6.45, 7) is 2.27. The lowest BCUT2D eigenvalue weighted by Gasteiger charge is -2.01. The SMILES string of the molecule is CCCCCCCCCCCCC/C=C/C=C/C=C/[O]. The van der Waals surface area contributed by atoms with E-state index in [1.807, 2.05) is 12.2 Å². The van der Waals surface area contributed by atoms with Gasteiger partial charge >= 0.3 is 0 Å². The van der Waals surface area contributed by atoms with Crippen LogP contribution in [-0.4, -0.2) is 0 Å². The van der Waals surface area contributed by atoms with Gasteiger partial charge in [-0.15, -0.1) is 0 Å². The van der Waals surface area contributed by atoms with Gasteiger partial charge in [0, 0.05) is 0 Å². The summed E-state index contributed by atoms with van der Waals surface area (Å²) in [5.41, 5.74) is 0. The Morgan fingerprint density at radius 2 is 1.10 bits per heavy atom. The summed E-state index contributed by atoms with van der Waals surface area (Å²) in [4.78, 5) is 0. The predicted molar refractivity (Wildman–Crippen MR) is 89.2 cm³/mol. The molecule has 0 aromatic heterocycles. The van der Waals surface area contributed by atoms with Crippen molar-refractivity contribution in [2.75, 3.05) is 0 Å². The third-order valence-corrected chi connectivity index (χ3v) is 3.52. The second-order valence-electron chi connectivity index (χ2n) is 5.47. The minimum absolute atomic E-state index is 0.800. The summed E-state index contributed by atoms with van der Waals surface area (Å²) in [5.74, 6) is 0. The third-order valence-electron chi connectivity index (χ3n) is 3.52. The van der Waals surface area contributed by atoms with Crippen LogP contribution in [0.25, 0.3) is 0 Å². The molecule has 0 aliphatic carbocycles. The molecule has 0 N–H and O–H groups in total. The van der Waals surface area contributed by atoms with E-state index in [9.17, 15) is 5.11 Å². The molecule has 0 saturated heterocycles. The van der Waals surface area contributed by atoms with Crippen molar-refractivity contribution < 1.29 is 5.11 Å². The fourth-order valence-electron chi connectivity index (χ4n) is 2.27. The van der Waals surface area contributed by atoms with Gasteiger partial charge in [0.1, 0.15) is 6.26 Å². The lowest BCUT2D eigenvalue weighted by molar-refractivity contribution is 0.352. The van der Waals surface area contributed by atoms with Crippen LogP contribution in [0.5, 0.6) is 0 Å². The second-order valence-corrected chi connectivity index (χ2v) is 5.47. The molecule has 0 amide bonds. The van der Waals surface area contributed by atoms with Crippen molar-refractivity contribution in [1.29, 1.82) is 0 Å². The highest BCUT2D eigenvalue weighted by Crippen LogP contribution is 2.11. The van der Waals surface area contributed by atoms with Gasteiger partial charge in [-0.25, -0.2) is 0 Å². The quantitative estimate of drug-likeness (QED) is 0.190. The molecule has 1 nitrogen and oxygen atoms in total. The minimum atomic E-state index is 0.800. The van der Waals surface area contributed by atoms with Gasteiger partial charge in [0.15, 0.2) is 0 Å². The van der Waals surface area contributed by atoms with Crippen LogP contribution in [0.1, 0.15) is 84.0 Å². The Balaban J connectivity index is 3.09. The van der Waals surface area contributed by atoms with Crippen LogP contribution < -0.4 is 0 Å². The van der Waals surface area contributed by atoms with Gasteiger partial charge in [0.25, 0.3) is 0 Å². The molecule has 0 unspecified atom stereocenters. The highest BCUT2D eigenvalue weighted by molar-refractivity contribution is 5.09. The van der Waals surface area contributed by atoms with E-state index in [-0.39, 0.29) is 0 Å². The molecule has 0 fully saturated rings. The van der Waals surface area contributed by atoms with Gasteiger partial charge in [-0.2, -0.15) is 0 Å². The summed E-state index contributed by atoms with van der Waals surface area (Å²) in [7, 11) is 0. The summed E-state index contributed by atoms with van der Waals surface area (Å²) in [5, 5.41) is 10.0. The highest BCUT2D eigenvalue weighted by atomic mass is 16.2. The van der Waals surface area contributed by atoms with Crippen molar-refractivity contribution in [2.45, 2.75) is 84.0 Å². The summed E-state index contributed by atoms with van der Waals surface area (Å²) >= 11 is 0. The molecule has 1 heteroatoms. The van der Waals surface area contributed by atoms with E-state index >= 15 is 0 Å². The molecule has 0 saturated carbocycles. The van der Waals surface area contributed by atoms with E-state index in [0.717, 1.165) is 12.7 Å². The molecular formula is C19H33O. The van der Waals surface area contributed by atoms with Crippen LogP contribution >= 0.6 is 0 Å². The number of hydrogen-bond acceptors (Lipinski definition) is 0. The fraction of sp³-hybridized carbons (Fsp3) is 0.684. The lowest BCUT2D eigenvalue weighted by Crippen LogP contribution is -1.81. The van der Waals surface area contributed by atoms with Crippen molar-refractivity contribution in [3.63, 3.8) is 0 Å². The zero-order chi connectivity index (χ0) is 14.7. The minimum Gasteiger partial charge on any atom is -0.299 e. The normalized spacial score (nSPS) is 12.2. The zero-order valence-electron chi connectivity index (χ0n) is 13.4. The van der Waals surface area contributed by atoms with Gasteiger partial charge in [0.05, 0.1) is 0 Å². The number of hydrogen-bond donors (Lipinski definition) is 0. The molecule has 0 atom stereocenters. The van der Waals surface area contributed by atoms with Crippen LogP contribution in [0.4, 0.5) is 0 Å². The van der Waals surface area contributed by atoms with Crippen LogP contribution in [0.2, 0.25) is 0 Å². The molecule has 0 aliphatic rings. The van der Waals surface area contributed by atoms with Gasteiger partial charge in [-0.1, -0.05) is 95.4 Å². The maximum absolute atomic E-state index is 10.0. The van der Waals surface area contributed by atoms with Gasteiger partial charge in [-0.3, -0.25) is 5.11 Å². The smallest absolute Gasteiger partial charge is 0.142 e. The number of rotatable bonds is 14. The van der Waals surface area contributed by atoms with Gasteiger partial charge < -0.3 is 0 Å².